The minimum atomic E-state index is -1.06. The number of rotatable bonds is 5. The van der Waals surface area contributed by atoms with Gasteiger partial charge in [0.25, 0.3) is 0 Å². The van der Waals surface area contributed by atoms with Gasteiger partial charge in [0.2, 0.25) is 0 Å². The van der Waals surface area contributed by atoms with Gasteiger partial charge in [0.05, 0.1) is 18.3 Å². The van der Waals surface area contributed by atoms with Gasteiger partial charge >= 0.3 is 5.97 Å². The van der Waals surface area contributed by atoms with E-state index in [4.69, 9.17) is 5.11 Å². The number of aryl methyl sites for hydroxylation is 1. The van der Waals surface area contributed by atoms with Gasteiger partial charge in [0.1, 0.15) is 5.82 Å². The molecule has 6 nitrogen and oxygen atoms in total. The Morgan fingerprint density at radius 3 is 2.67 bits per heavy atom. The van der Waals surface area contributed by atoms with Gasteiger partial charge in [0.15, 0.2) is 5.69 Å². The Balaban J connectivity index is 2.08. The van der Waals surface area contributed by atoms with E-state index in [1.54, 1.807) is 19.1 Å². The molecular formula is C15H17N3O3. The molecule has 0 radical (unpaired) electrons. The summed E-state index contributed by atoms with van der Waals surface area (Å²) in [6.45, 7) is 3.97. The monoisotopic (exact) mass is 287 g/mol. The zero-order valence-electron chi connectivity index (χ0n) is 11.9. The van der Waals surface area contributed by atoms with Crippen molar-refractivity contribution in [1.82, 2.24) is 9.97 Å². The van der Waals surface area contributed by atoms with Crippen LogP contribution < -0.4 is 5.32 Å². The summed E-state index contributed by atoms with van der Waals surface area (Å²) in [6, 6.07) is 8.43. The second kappa shape index (κ2) is 6.32. The number of carbonyl (C=O) groups is 1. The number of aliphatic hydroxyl groups is 1. The van der Waals surface area contributed by atoms with E-state index in [1.807, 2.05) is 19.1 Å². The van der Waals surface area contributed by atoms with E-state index >= 15 is 0 Å². The average molecular weight is 287 g/mol. The first kappa shape index (κ1) is 14.9. The van der Waals surface area contributed by atoms with Gasteiger partial charge in [-0.1, -0.05) is 12.1 Å². The molecule has 0 saturated carbocycles. The molecule has 0 spiro atoms. The van der Waals surface area contributed by atoms with E-state index in [1.165, 1.54) is 6.07 Å². The Morgan fingerprint density at radius 1 is 1.29 bits per heavy atom. The Kier molecular flexibility index (Phi) is 4.49. The molecule has 0 amide bonds. The van der Waals surface area contributed by atoms with Gasteiger partial charge < -0.3 is 15.5 Å². The molecule has 0 fully saturated rings. The summed E-state index contributed by atoms with van der Waals surface area (Å²) in [5, 5.41) is 21.5. The lowest BCUT2D eigenvalue weighted by molar-refractivity contribution is 0.0690. The number of nitrogens with zero attached hydrogens (tertiary/aromatic N) is 2. The summed E-state index contributed by atoms with van der Waals surface area (Å²) in [6.07, 6.45) is -0.548. The summed E-state index contributed by atoms with van der Waals surface area (Å²) < 4.78 is 0. The fourth-order valence-electron chi connectivity index (χ4n) is 2.00. The largest absolute Gasteiger partial charge is 0.477 e. The highest BCUT2D eigenvalue weighted by Gasteiger charge is 2.08. The van der Waals surface area contributed by atoms with E-state index < -0.39 is 12.1 Å². The number of pyridine rings is 2. The molecule has 21 heavy (non-hydrogen) atoms. The van der Waals surface area contributed by atoms with Crippen LogP contribution in [0.4, 0.5) is 5.82 Å². The number of carboxylic acid groups (broad SMARTS) is 1. The number of aromatic nitrogens is 2. The maximum Gasteiger partial charge on any atom is 0.354 e. The predicted molar refractivity (Wildman–Crippen MR) is 78.1 cm³/mol. The van der Waals surface area contributed by atoms with Crippen LogP contribution in [0.25, 0.3) is 0 Å². The quantitative estimate of drug-likeness (QED) is 0.780. The van der Waals surface area contributed by atoms with Crippen molar-refractivity contribution in [2.24, 2.45) is 0 Å². The highest BCUT2D eigenvalue weighted by molar-refractivity contribution is 5.85. The Hall–Kier alpha value is -2.47. The summed E-state index contributed by atoms with van der Waals surface area (Å²) in [7, 11) is 0. The molecule has 2 aromatic heterocycles. The summed E-state index contributed by atoms with van der Waals surface area (Å²) in [5.74, 6) is -0.581. The number of nitrogens with one attached hydrogen (secondary N) is 1. The molecule has 110 valence electrons. The van der Waals surface area contributed by atoms with E-state index in [9.17, 15) is 9.90 Å². The van der Waals surface area contributed by atoms with Gasteiger partial charge in [-0.3, -0.25) is 4.98 Å². The SMILES string of the molecule is Cc1nc(CNc2cccc(C(=O)O)n2)ccc1C(C)O. The number of carboxylic acids is 1. The van der Waals surface area contributed by atoms with E-state index in [-0.39, 0.29) is 5.69 Å². The molecule has 0 aromatic carbocycles. The molecule has 2 heterocycles. The first-order valence-electron chi connectivity index (χ1n) is 6.56. The molecule has 1 unspecified atom stereocenters. The summed E-state index contributed by atoms with van der Waals surface area (Å²) >= 11 is 0. The van der Waals surface area contributed by atoms with Crippen LogP contribution in [0.5, 0.6) is 0 Å². The minimum absolute atomic E-state index is 0.00593. The molecule has 2 rings (SSSR count). The first-order valence-corrected chi connectivity index (χ1v) is 6.56. The average Bonchev–Trinajstić information content (AvgIpc) is 2.45. The van der Waals surface area contributed by atoms with Crippen LogP contribution in [-0.2, 0) is 6.54 Å². The van der Waals surface area contributed by atoms with Crippen molar-refractivity contribution in [2.45, 2.75) is 26.5 Å². The van der Waals surface area contributed by atoms with Crippen molar-refractivity contribution >= 4 is 11.8 Å². The molecule has 0 aliphatic carbocycles. The fourth-order valence-corrected chi connectivity index (χ4v) is 2.00. The molecule has 0 bridgehead atoms. The number of hydrogen-bond acceptors (Lipinski definition) is 5. The normalized spacial score (nSPS) is 12.0. The highest BCUT2D eigenvalue weighted by atomic mass is 16.4. The molecule has 2 aromatic rings. The number of anilines is 1. The van der Waals surface area contributed by atoms with Crippen LogP contribution in [0.15, 0.2) is 30.3 Å². The second-order valence-electron chi connectivity index (χ2n) is 4.72. The Labute approximate surface area is 122 Å². The third-order valence-electron chi connectivity index (χ3n) is 3.05. The van der Waals surface area contributed by atoms with Gasteiger partial charge in [-0.2, -0.15) is 0 Å². The maximum absolute atomic E-state index is 10.8. The summed E-state index contributed by atoms with van der Waals surface area (Å²) in [4.78, 5) is 19.2. The van der Waals surface area contributed by atoms with Gasteiger partial charge in [-0.25, -0.2) is 9.78 Å². The van der Waals surface area contributed by atoms with Crippen molar-refractivity contribution in [3.05, 3.63) is 53.0 Å². The predicted octanol–water partition coefficient (Wildman–Crippen LogP) is 2.15. The van der Waals surface area contributed by atoms with Crippen molar-refractivity contribution in [2.75, 3.05) is 5.32 Å². The third kappa shape index (κ3) is 3.76. The zero-order chi connectivity index (χ0) is 15.4. The fraction of sp³-hybridized carbons (Fsp3) is 0.267. The van der Waals surface area contributed by atoms with Gasteiger partial charge in [-0.15, -0.1) is 0 Å². The van der Waals surface area contributed by atoms with Crippen molar-refractivity contribution in [3.63, 3.8) is 0 Å². The number of aliphatic hydroxyl groups excluding tert-OH is 1. The zero-order valence-corrected chi connectivity index (χ0v) is 11.9. The van der Waals surface area contributed by atoms with Crippen LogP contribution in [0.2, 0.25) is 0 Å². The second-order valence-corrected chi connectivity index (χ2v) is 4.72. The topological polar surface area (TPSA) is 95.3 Å². The first-order chi connectivity index (χ1) is 9.97. The van der Waals surface area contributed by atoms with Crippen LogP contribution in [-0.4, -0.2) is 26.2 Å². The third-order valence-corrected chi connectivity index (χ3v) is 3.05. The lowest BCUT2D eigenvalue weighted by Gasteiger charge is -2.11. The van der Waals surface area contributed by atoms with Crippen LogP contribution in [0.3, 0.4) is 0 Å². The van der Waals surface area contributed by atoms with Crippen LogP contribution in [0.1, 0.15) is 40.5 Å². The van der Waals surface area contributed by atoms with Gasteiger partial charge in [-0.05, 0) is 32.0 Å². The molecule has 1 atom stereocenters. The standard InChI is InChI=1S/C15H17N3O3/c1-9-12(10(2)19)7-6-11(17-9)8-16-14-5-3-4-13(18-14)15(20)21/h3-7,10,19H,8H2,1-2H3,(H,16,18)(H,20,21). The molecule has 0 saturated heterocycles. The van der Waals surface area contributed by atoms with Crippen LogP contribution in [0, 0.1) is 6.92 Å². The highest BCUT2D eigenvalue weighted by Crippen LogP contribution is 2.16. The van der Waals surface area contributed by atoms with Crippen molar-refractivity contribution < 1.29 is 15.0 Å². The van der Waals surface area contributed by atoms with Crippen molar-refractivity contribution in [1.29, 1.82) is 0 Å². The number of aromatic carboxylic acids is 1. The minimum Gasteiger partial charge on any atom is -0.477 e. The summed E-state index contributed by atoms with van der Waals surface area (Å²) in [5.41, 5.74) is 2.36. The molecule has 0 aliphatic rings. The van der Waals surface area contributed by atoms with Crippen molar-refractivity contribution in [3.8, 4) is 0 Å². The lowest BCUT2D eigenvalue weighted by Crippen LogP contribution is -2.08. The molecule has 3 N–H and O–H groups in total. The van der Waals surface area contributed by atoms with Crippen LogP contribution >= 0.6 is 0 Å². The van der Waals surface area contributed by atoms with Gasteiger partial charge in [0, 0.05) is 11.3 Å². The lowest BCUT2D eigenvalue weighted by atomic mass is 10.1. The Morgan fingerprint density at radius 2 is 2.05 bits per heavy atom. The number of hydrogen-bond donors (Lipinski definition) is 3. The van der Waals surface area contributed by atoms with E-state index in [0.29, 0.717) is 12.4 Å². The van der Waals surface area contributed by atoms with E-state index in [2.05, 4.69) is 15.3 Å². The molecule has 6 heteroatoms. The molecule has 0 aliphatic heterocycles. The molecular weight excluding hydrogens is 270 g/mol. The Bertz CT molecular complexity index is 656. The van der Waals surface area contributed by atoms with E-state index in [0.717, 1.165) is 17.0 Å². The smallest absolute Gasteiger partial charge is 0.354 e. The maximum atomic E-state index is 10.8.